The summed E-state index contributed by atoms with van der Waals surface area (Å²) in [5, 5.41) is 1.20. The van der Waals surface area contributed by atoms with Crippen LogP contribution in [-0.4, -0.2) is 5.97 Å². The van der Waals surface area contributed by atoms with E-state index in [9.17, 15) is 9.59 Å². The molecule has 4 nitrogen and oxygen atoms in total. The number of esters is 1. The fourth-order valence-electron chi connectivity index (χ4n) is 2.39. The van der Waals surface area contributed by atoms with E-state index in [1.807, 2.05) is 37.3 Å². The molecule has 1 aromatic heterocycles. The predicted octanol–water partition coefficient (Wildman–Crippen LogP) is 4.51. The van der Waals surface area contributed by atoms with Crippen LogP contribution in [0.4, 0.5) is 0 Å². The first-order valence-electron chi connectivity index (χ1n) is 7.66. The number of aryl methyl sites for hydroxylation is 1. The lowest BCUT2D eigenvalue weighted by molar-refractivity contribution is -0.138. The molecular formula is C20H15ClO4. The van der Waals surface area contributed by atoms with Gasteiger partial charge < -0.3 is 9.15 Å². The number of hydrogen-bond donors (Lipinski definition) is 0. The minimum Gasteiger partial charge on any atom is -0.458 e. The van der Waals surface area contributed by atoms with Crippen LogP contribution in [0.3, 0.4) is 0 Å². The topological polar surface area (TPSA) is 56.5 Å². The number of benzene rings is 2. The van der Waals surface area contributed by atoms with Crippen LogP contribution in [0.5, 0.6) is 0 Å². The highest BCUT2D eigenvalue weighted by Crippen LogP contribution is 2.25. The van der Waals surface area contributed by atoms with Crippen molar-refractivity contribution in [2.45, 2.75) is 13.5 Å². The Morgan fingerprint density at radius 3 is 2.72 bits per heavy atom. The number of carbonyl (C=O) groups is 1. The Morgan fingerprint density at radius 1 is 1.20 bits per heavy atom. The molecule has 0 radical (unpaired) electrons. The zero-order valence-electron chi connectivity index (χ0n) is 13.5. The highest BCUT2D eigenvalue weighted by molar-refractivity contribution is 6.32. The molecule has 3 rings (SSSR count). The molecule has 1 heterocycles. The molecule has 0 fully saturated rings. The van der Waals surface area contributed by atoms with Gasteiger partial charge in [0.15, 0.2) is 0 Å². The SMILES string of the molecule is Cc1cc2oc(=O)cc(COC(=O)/C=C/c3ccccc3)c2cc1Cl. The van der Waals surface area contributed by atoms with Gasteiger partial charge >= 0.3 is 11.6 Å². The summed E-state index contributed by atoms with van der Waals surface area (Å²) < 4.78 is 10.4. The molecule has 0 atom stereocenters. The maximum absolute atomic E-state index is 11.9. The number of halogens is 1. The second-order valence-electron chi connectivity index (χ2n) is 5.54. The molecule has 0 N–H and O–H groups in total. The summed E-state index contributed by atoms with van der Waals surface area (Å²) >= 11 is 6.14. The Bertz CT molecular complexity index is 1000. The lowest BCUT2D eigenvalue weighted by Gasteiger charge is -2.07. The van der Waals surface area contributed by atoms with Crippen LogP contribution in [0.2, 0.25) is 5.02 Å². The van der Waals surface area contributed by atoms with Gasteiger partial charge in [-0.25, -0.2) is 9.59 Å². The molecule has 0 aliphatic heterocycles. The first-order valence-corrected chi connectivity index (χ1v) is 8.03. The van der Waals surface area contributed by atoms with Crippen molar-refractivity contribution in [1.29, 1.82) is 0 Å². The van der Waals surface area contributed by atoms with Gasteiger partial charge in [0, 0.05) is 28.1 Å². The summed E-state index contributed by atoms with van der Waals surface area (Å²) in [7, 11) is 0. The zero-order valence-corrected chi connectivity index (χ0v) is 14.2. The summed E-state index contributed by atoms with van der Waals surface area (Å²) in [5.41, 5.74) is 2.17. The minimum absolute atomic E-state index is 0.0422. The molecule has 3 aromatic rings. The maximum Gasteiger partial charge on any atom is 0.336 e. The van der Waals surface area contributed by atoms with E-state index in [1.54, 1.807) is 18.2 Å². The van der Waals surface area contributed by atoms with Crippen molar-refractivity contribution in [3.63, 3.8) is 0 Å². The molecule has 0 spiro atoms. The normalized spacial score (nSPS) is 11.1. The Hall–Kier alpha value is -2.85. The minimum atomic E-state index is -0.500. The first-order chi connectivity index (χ1) is 12.0. The Morgan fingerprint density at radius 2 is 1.96 bits per heavy atom. The van der Waals surface area contributed by atoms with E-state index in [4.69, 9.17) is 20.8 Å². The summed E-state index contributed by atoms with van der Waals surface area (Å²) in [6, 6.07) is 14.1. The highest BCUT2D eigenvalue weighted by atomic mass is 35.5. The molecule has 0 saturated heterocycles. The molecular weight excluding hydrogens is 340 g/mol. The largest absolute Gasteiger partial charge is 0.458 e. The van der Waals surface area contributed by atoms with Crippen LogP contribution in [0.15, 0.2) is 63.8 Å². The average molecular weight is 355 g/mol. The van der Waals surface area contributed by atoms with E-state index >= 15 is 0 Å². The lowest BCUT2D eigenvalue weighted by Crippen LogP contribution is -2.05. The second-order valence-corrected chi connectivity index (χ2v) is 5.95. The molecule has 0 unspecified atom stereocenters. The van der Waals surface area contributed by atoms with E-state index in [1.165, 1.54) is 12.1 Å². The molecule has 5 heteroatoms. The van der Waals surface area contributed by atoms with Crippen LogP contribution < -0.4 is 5.63 Å². The van der Waals surface area contributed by atoms with Crippen molar-refractivity contribution in [2.24, 2.45) is 0 Å². The van der Waals surface area contributed by atoms with Gasteiger partial charge in [0.2, 0.25) is 0 Å². The van der Waals surface area contributed by atoms with Gasteiger partial charge in [-0.15, -0.1) is 0 Å². The summed E-state index contributed by atoms with van der Waals surface area (Å²) in [5.74, 6) is -0.497. The number of ether oxygens (including phenoxy) is 1. The van der Waals surface area contributed by atoms with Crippen LogP contribution in [0.1, 0.15) is 16.7 Å². The fourth-order valence-corrected chi connectivity index (χ4v) is 2.56. The van der Waals surface area contributed by atoms with Gasteiger partial charge in [0.25, 0.3) is 0 Å². The van der Waals surface area contributed by atoms with Crippen molar-refractivity contribution in [2.75, 3.05) is 0 Å². The molecule has 25 heavy (non-hydrogen) atoms. The van der Waals surface area contributed by atoms with Gasteiger partial charge in [-0.1, -0.05) is 41.9 Å². The van der Waals surface area contributed by atoms with Crippen molar-refractivity contribution in [3.8, 4) is 0 Å². The third kappa shape index (κ3) is 4.17. The molecule has 2 aromatic carbocycles. The number of hydrogen-bond acceptors (Lipinski definition) is 4. The summed E-state index contributed by atoms with van der Waals surface area (Å²) in [6.07, 6.45) is 3.01. The van der Waals surface area contributed by atoms with Gasteiger partial charge in [-0.2, -0.15) is 0 Å². The lowest BCUT2D eigenvalue weighted by atomic mass is 10.1. The quantitative estimate of drug-likeness (QED) is 0.393. The maximum atomic E-state index is 11.9. The summed E-state index contributed by atoms with van der Waals surface area (Å²) in [4.78, 5) is 23.6. The van der Waals surface area contributed by atoms with Gasteiger partial charge in [0.1, 0.15) is 12.2 Å². The van der Waals surface area contributed by atoms with Gasteiger partial charge in [-0.05, 0) is 36.3 Å². The van der Waals surface area contributed by atoms with Crippen molar-refractivity contribution >= 4 is 34.6 Å². The van der Waals surface area contributed by atoms with Crippen molar-refractivity contribution in [3.05, 3.63) is 86.7 Å². The molecule has 126 valence electrons. The van der Waals surface area contributed by atoms with Crippen LogP contribution in [0.25, 0.3) is 17.0 Å². The van der Waals surface area contributed by atoms with Crippen LogP contribution in [-0.2, 0) is 16.1 Å². The molecule has 0 aliphatic carbocycles. The van der Waals surface area contributed by atoms with Gasteiger partial charge in [-0.3, -0.25) is 0 Å². The number of carbonyl (C=O) groups excluding carboxylic acids is 1. The third-order valence-electron chi connectivity index (χ3n) is 3.69. The zero-order chi connectivity index (χ0) is 17.8. The van der Waals surface area contributed by atoms with Crippen molar-refractivity contribution < 1.29 is 13.9 Å². The first kappa shape index (κ1) is 17.0. The molecule has 0 aliphatic rings. The van der Waals surface area contributed by atoms with E-state index in [0.717, 1.165) is 11.1 Å². The van der Waals surface area contributed by atoms with E-state index < -0.39 is 11.6 Å². The standard InChI is InChI=1S/C20H15ClO4/c1-13-9-18-16(11-17(13)21)15(10-20(23)25-18)12-24-19(22)8-7-14-5-3-2-4-6-14/h2-11H,12H2,1H3/b8-7+. The third-order valence-corrected chi connectivity index (χ3v) is 4.10. The Labute approximate surface area is 149 Å². The smallest absolute Gasteiger partial charge is 0.336 e. The summed E-state index contributed by atoms with van der Waals surface area (Å²) in [6.45, 7) is 1.78. The van der Waals surface area contributed by atoms with E-state index in [-0.39, 0.29) is 6.61 Å². The molecule has 0 bridgehead atoms. The Balaban J connectivity index is 1.79. The van der Waals surface area contributed by atoms with E-state index in [2.05, 4.69) is 0 Å². The average Bonchev–Trinajstić information content (AvgIpc) is 2.60. The fraction of sp³-hybridized carbons (Fsp3) is 0.100. The highest BCUT2D eigenvalue weighted by Gasteiger charge is 2.10. The Kier molecular flexibility index (Phi) is 5.00. The predicted molar refractivity (Wildman–Crippen MR) is 97.5 cm³/mol. The number of rotatable bonds is 4. The molecule has 0 saturated carbocycles. The number of fused-ring (bicyclic) bond motifs is 1. The monoisotopic (exact) mass is 354 g/mol. The second kappa shape index (κ2) is 7.36. The van der Waals surface area contributed by atoms with Crippen LogP contribution >= 0.6 is 11.6 Å². The van der Waals surface area contributed by atoms with Crippen molar-refractivity contribution in [1.82, 2.24) is 0 Å². The van der Waals surface area contributed by atoms with E-state index in [0.29, 0.717) is 21.6 Å². The van der Waals surface area contributed by atoms with Gasteiger partial charge in [0.05, 0.1) is 0 Å². The van der Waals surface area contributed by atoms with Crippen LogP contribution in [0, 0.1) is 6.92 Å². The molecule has 0 amide bonds.